The highest BCUT2D eigenvalue weighted by Crippen LogP contribution is 2.30. The van der Waals surface area contributed by atoms with E-state index in [0.29, 0.717) is 16.6 Å². The van der Waals surface area contributed by atoms with E-state index in [1.165, 1.54) is 32.9 Å². The number of nitro benzene ring substituents is 1. The minimum Gasteiger partial charge on any atom is -0.394 e. The van der Waals surface area contributed by atoms with Crippen LogP contribution in [0.15, 0.2) is 71.5 Å². The topological polar surface area (TPSA) is 316 Å². The highest BCUT2D eigenvalue weighted by molar-refractivity contribution is 6.03. The van der Waals surface area contributed by atoms with Crippen LogP contribution in [0.3, 0.4) is 0 Å². The quantitative estimate of drug-likeness (QED) is 0.0244. The van der Waals surface area contributed by atoms with Crippen molar-refractivity contribution in [2.24, 2.45) is 5.73 Å². The lowest BCUT2D eigenvalue weighted by Gasteiger charge is -2.44. The van der Waals surface area contributed by atoms with E-state index < -0.39 is 95.3 Å². The Labute approximate surface area is 354 Å². The standard InChI is InChI=1S/C41H50N8O13/c1-21(45-40(57)22(2)61-37-34(46-23(3)51)41(62-30(19-50)36(37)54)60-20-24-9-5-4-6-10-24)39(56)48-28(38(42)55)14-16-31(52)44-18-17-43-27-13-15-29(49(58)59)33-32(27)35(53)25-11-7-8-12-26(25)47-33/h4-13,15,21-22,28,30,34,36-37,41,43,50,54H,14,16-20H2,1-3H3,(H2,42,55)(H,44,52)(H,45,57)(H,46,51)(H,47,53)(H,48,56)/t21-,22?,28+,30+,34+,36+,37+,41-/m0/s1. The van der Waals surface area contributed by atoms with Gasteiger partial charge in [-0.1, -0.05) is 42.5 Å². The molecule has 3 aromatic carbocycles. The molecule has 0 bridgehead atoms. The number of hydrogen-bond acceptors (Lipinski definition) is 14. The summed E-state index contributed by atoms with van der Waals surface area (Å²) in [6.07, 6.45) is -7.00. The number of hydrogen-bond donors (Lipinski definition) is 9. The minimum absolute atomic E-state index is 0.0475. The minimum atomic E-state index is -1.52. The van der Waals surface area contributed by atoms with E-state index >= 15 is 0 Å². The predicted octanol–water partition coefficient (Wildman–Crippen LogP) is -0.0541. The molecule has 21 heteroatoms. The number of carbonyl (C=O) groups excluding carboxylic acids is 5. The Morgan fingerprint density at radius 2 is 1.69 bits per heavy atom. The molecule has 21 nitrogen and oxygen atoms in total. The zero-order valence-corrected chi connectivity index (χ0v) is 34.1. The molecule has 1 aliphatic heterocycles. The van der Waals surface area contributed by atoms with Gasteiger partial charge in [-0.2, -0.15) is 0 Å². The van der Waals surface area contributed by atoms with E-state index in [1.54, 1.807) is 48.5 Å². The molecule has 1 aromatic heterocycles. The van der Waals surface area contributed by atoms with Gasteiger partial charge in [-0.25, -0.2) is 0 Å². The van der Waals surface area contributed by atoms with Crippen LogP contribution in [-0.2, 0) is 44.8 Å². The van der Waals surface area contributed by atoms with Crippen molar-refractivity contribution in [2.45, 2.75) is 89.1 Å². The molecule has 332 valence electrons. The molecule has 1 unspecified atom stereocenters. The second-order valence-electron chi connectivity index (χ2n) is 14.6. The third kappa shape index (κ3) is 11.6. The summed E-state index contributed by atoms with van der Waals surface area (Å²) in [7, 11) is 0. The van der Waals surface area contributed by atoms with E-state index in [9.17, 15) is 49.1 Å². The molecule has 8 atom stereocenters. The molecule has 62 heavy (non-hydrogen) atoms. The molecule has 0 radical (unpaired) electrons. The lowest BCUT2D eigenvalue weighted by atomic mass is 9.96. The van der Waals surface area contributed by atoms with Crippen LogP contribution >= 0.6 is 0 Å². The fourth-order valence-electron chi connectivity index (χ4n) is 6.86. The third-order valence-electron chi connectivity index (χ3n) is 10.1. The molecule has 4 aromatic rings. The fourth-order valence-corrected chi connectivity index (χ4v) is 6.86. The molecule has 2 heterocycles. The second kappa shape index (κ2) is 21.3. The van der Waals surface area contributed by atoms with E-state index in [1.807, 2.05) is 6.07 Å². The first-order valence-electron chi connectivity index (χ1n) is 19.7. The lowest BCUT2D eigenvalue weighted by Crippen LogP contribution is -2.66. The summed E-state index contributed by atoms with van der Waals surface area (Å²) in [5.74, 6) is -3.57. The number of ether oxygens (including phenoxy) is 3. The normalized spacial score (nSPS) is 20.0. The van der Waals surface area contributed by atoms with Gasteiger partial charge >= 0.3 is 0 Å². The number of benzene rings is 3. The van der Waals surface area contributed by atoms with Gasteiger partial charge in [0, 0.05) is 49.1 Å². The summed E-state index contributed by atoms with van der Waals surface area (Å²) in [6, 6.07) is 14.7. The molecule has 0 saturated carbocycles. The molecule has 10 N–H and O–H groups in total. The number of amides is 5. The van der Waals surface area contributed by atoms with Crippen molar-refractivity contribution in [3.05, 3.63) is 92.6 Å². The van der Waals surface area contributed by atoms with Crippen LogP contribution in [-0.4, -0.2) is 118 Å². The number of carbonyl (C=O) groups is 5. The first kappa shape index (κ1) is 46.5. The Morgan fingerprint density at radius 3 is 2.37 bits per heavy atom. The number of anilines is 1. The number of H-pyrrole nitrogens is 1. The van der Waals surface area contributed by atoms with Gasteiger partial charge in [0.15, 0.2) is 11.7 Å². The van der Waals surface area contributed by atoms with Crippen molar-refractivity contribution < 1.29 is 53.3 Å². The van der Waals surface area contributed by atoms with Crippen LogP contribution in [0.5, 0.6) is 0 Å². The first-order chi connectivity index (χ1) is 29.6. The number of nitro groups is 1. The van der Waals surface area contributed by atoms with Crippen LogP contribution in [0.25, 0.3) is 21.8 Å². The molecule has 1 fully saturated rings. The van der Waals surface area contributed by atoms with Crippen LogP contribution in [0.1, 0.15) is 39.2 Å². The van der Waals surface area contributed by atoms with Crippen molar-refractivity contribution in [3.8, 4) is 0 Å². The van der Waals surface area contributed by atoms with Gasteiger partial charge in [-0.05, 0) is 44.0 Å². The maximum atomic E-state index is 13.4. The van der Waals surface area contributed by atoms with E-state index in [-0.39, 0.29) is 49.1 Å². The number of pyridine rings is 1. The smallest absolute Gasteiger partial charge is 0.293 e. The van der Waals surface area contributed by atoms with Crippen molar-refractivity contribution in [2.75, 3.05) is 25.0 Å². The number of nitrogens with zero attached hydrogens (tertiary/aromatic N) is 1. The maximum Gasteiger partial charge on any atom is 0.293 e. The van der Waals surface area contributed by atoms with Gasteiger partial charge in [0.2, 0.25) is 29.5 Å². The number of rotatable bonds is 20. The zero-order valence-electron chi connectivity index (χ0n) is 34.1. The number of fused-ring (bicyclic) bond motifs is 2. The highest BCUT2D eigenvalue weighted by Gasteiger charge is 2.48. The summed E-state index contributed by atoms with van der Waals surface area (Å²) in [4.78, 5) is 90.9. The van der Waals surface area contributed by atoms with Gasteiger partial charge < -0.3 is 61.7 Å². The molecule has 1 saturated heterocycles. The Hall–Kier alpha value is -6.52. The number of aromatic nitrogens is 1. The van der Waals surface area contributed by atoms with Crippen LogP contribution < -0.4 is 37.7 Å². The van der Waals surface area contributed by atoms with E-state index in [0.717, 1.165) is 5.56 Å². The van der Waals surface area contributed by atoms with Gasteiger partial charge in [-0.3, -0.25) is 38.9 Å². The average Bonchev–Trinajstić information content (AvgIpc) is 3.24. The maximum absolute atomic E-state index is 13.4. The summed E-state index contributed by atoms with van der Waals surface area (Å²) < 4.78 is 17.6. The highest BCUT2D eigenvalue weighted by atomic mass is 16.7. The van der Waals surface area contributed by atoms with E-state index in [4.69, 9.17) is 19.9 Å². The zero-order chi connectivity index (χ0) is 45.1. The molecular weight excluding hydrogens is 812 g/mol. The molecule has 0 aliphatic carbocycles. The fraction of sp³-hybridized carbons (Fsp3) is 0.415. The van der Waals surface area contributed by atoms with Gasteiger partial charge in [0.25, 0.3) is 5.69 Å². The van der Waals surface area contributed by atoms with Gasteiger partial charge in [-0.15, -0.1) is 0 Å². The Balaban J connectivity index is 1.12. The summed E-state index contributed by atoms with van der Waals surface area (Å²) in [5, 5.41) is 46.3. The van der Waals surface area contributed by atoms with Crippen LogP contribution in [0.2, 0.25) is 0 Å². The van der Waals surface area contributed by atoms with Crippen LogP contribution in [0.4, 0.5) is 11.4 Å². The van der Waals surface area contributed by atoms with Crippen LogP contribution in [0, 0.1) is 10.1 Å². The molecule has 1 aliphatic rings. The largest absolute Gasteiger partial charge is 0.394 e. The number of aliphatic hydroxyl groups excluding tert-OH is 2. The van der Waals surface area contributed by atoms with Crippen molar-refractivity contribution in [1.82, 2.24) is 26.3 Å². The van der Waals surface area contributed by atoms with Crippen molar-refractivity contribution in [3.63, 3.8) is 0 Å². The monoisotopic (exact) mass is 862 g/mol. The number of non-ortho nitro benzene ring substituents is 1. The molecule has 5 rings (SSSR count). The van der Waals surface area contributed by atoms with Crippen molar-refractivity contribution >= 4 is 62.7 Å². The number of nitrogens with two attached hydrogens (primary N) is 1. The number of nitrogens with one attached hydrogen (secondary N) is 6. The number of aliphatic hydroxyl groups is 2. The second-order valence-corrected chi connectivity index (χ2v) is 14.6. The average molecular weight is 863 g/mol. The summed E-state index contributed by atoms with van der Waals surface area (Å²) >= 11 is 0. The predicted molar refractivity (Wildman–Crippen MR) is 223 cm³/mol. The first-order valence-corrected chi connectivity index (χ1v) is 19.7. The van der Waals surface area contributed by atoms with Gasteiger partial charge in [0.1, 0.15) is 48.1 Å². The SMILES string of the molecule is CC(=O)N[C@H]1[C@@H](OCc2ccccc2)O[C@H](CO)[C@@H](O)[C@@H]1OC(C)C(=O)N[C@@H](C)C(=O)N[C@H](CCC(=O)NCCNc1ccc([N+](=O)[O-])c2[nH]c3ccccc3c(=O)c12)C(N)=O. The summed E-state index contributed by atoms with van der Waals surface area (Å²) in [6.45, 7) is 3.49. The third-order valence-corrected chi connectivity index (χ3v) is 10.1. The Morgan fingerprint density at radius 1 is 0.984 bits per heavy atom. The number of para-hydroxylation sites is 1. The van der Waals surface area contributed by atoms with Gasteiger partial charge in [0.05, 0.1) is 23.5 Å². The Kier molecular flexibility index (Phi) is 16.0. The van der Waals surface area contributed by atoms with Crippen molar-refractivity contribution in [1.29, 1.82) is 0 Å². The van der Waals surface area contributed by atoms with E-state index in [2.05, 4.69) is 31.6 Å². The lowest BCUT2D eigenvalue weighted by molar-refractivity contribution is -0.383. The number of primary amides is 1. The summed E-state index contributed by atoms with van der Waals surface area (Å²) in [5.41, 5.74) is 6.40. The molecule has 0 spiro atoms. The molecular formula is C41H50N8O13. The molecule has 5 amide bonds. The number of aromatic amines is 1. The Bertz CT molecular complexity index is 2330.